The molecule has 2 heteroatoms. The van der Waals surface area contributed by atoms with Gasteiger partial charge >= 0.3 is 0 Å². The van der Waals surface area contributed by atoms with Crippen LogP contribution in [0, 0.1) is 5.92 Å². The Hall–Kier alpha value is 0.690. The topological polar surface area (TPSA) is 3.24 Å². The molecule has 0 aromatic heterocycles. The Balaban J connectivity index is 2.67. The first-order valence-electron chi connectivity index (χ1n) is 4.45. The molecule has 2 unspecified atom stereocenters. The van der Waals surface area contributed by atoms with Crippen LogP contribution in [0.1, 0.15) is 33.1 Å². The molecule has 0 aromatic carbocycles. The van der Waals surface area contributed by atoms with Crippen molar-refractivity contribution in [3.05, 3.63) is 0 Å². The molecule has 0 saturated carbocycles. The van der Waals surface area contributed by atoms with Crippen molar-refractivity contribution in [3.8, 4) is 0 Å². The fourth-order valence-electron chi connectivity index (χ4n) is 1.66. The van der Waals surface area contributed by atoms with Gasteiger partial charge in [-0.1, -0.05) is 35.9 Å². The SMILES string of the molecule is CC1CCCCN(C)C1(C)I. The maximum atomic E-state index is 2.59. The molecule has 0 N–H and O–H groups in total. The van der Waals surface area contributed by atoms with E-state index in [0.717, 1.165) is 5.92 Å². The summed E-state index contributed by atoms with van der Waals surface area (Å²) in [7, 11) is 2.24. The largest absolute Gasteiger partial charge is 0.292 e. The molecule has 0 spiro atoms. The van der Waals surface area contributed by atoms with Crippen LogP contribution in [0.3, 0.4) is 0 Å². The number of likely N-dealkylation sites (tertiary alicyclic amines) is 1. The Kier molecular flexibility index (Phi) is 3.20. The molecule has 2 atom stereocenters. The van der Waals surface area contributed by atoms with E-state index < -0.39 is 0 Å². The molecule has 0 bridgehead atoms. The van der Waals surface area contributed by atoms with Crippen LogP contribution < -0.4 is 0 Å². The summed E-state index contributed by atoms with van der Waals surface area (Å²) >= 11 is 2.59. The number of rotatable bonds is 0. The van der Waals surface area contributed by atoms with E-state index >= 15 is 0 Å². The van der Waals surface area contributed by atoms with Crippen molar-refractivity contribution in [2.75, 3.05) is 13.6 Å². The second-order valence-corrected chi connectivity index (χ2v) is 6.03. The summed E-state index contributed by atoms with van der Waals surface area (Å²) in [6.07, 6.45) is 4.17. The van der Waals surface area contributed by atoms with Crippen molar-refractivity contribution in [1.82, 2.24) is 4.90 Å². The van der Waals surface area contributed by atoms with Gasteiger partial charge in [-0.2, -0.15) is 0 Å². The van der Waals surface area contributed by atoms with Crippen molar-refractivity contribution >= 4 is 22.6 Å². The van der Waals surface area contributed by atoms with Gasteiger partial charge in [-0.25, -0.2) is 0 Å². The number of nitrogens with zero attached hydrogens (tertiary/aromatic N) is 1. The van der Waals surface area contributed by atoms with Crippen LogP contribution in [0.2, 0.25) is 0 Å². The number of alkyl halides is 1. The van der Waals surface area contributed by atoms with Gasteiger partial charge in [0, 0.05) is 0 Å². The van der Waals surface area contributed by atoms with Crippen LogP contribution in [-0.4, -0.2) is 22.0 Å². The average molecular weight is 267 g/mol. The van der Waals surface area contributed by atoms with Crippen LogP contribution in [0.5, 0.6) is 0 Å². The Morgan fingerprint density at radius 2 is 2.09 bits per heavy atom. The molecular formula is C9H18IN. The van der Waals surface area contributed by atoms with E-state index in [0.29, 0.717) is 3.55 Å². The van der Waals surface area contributed by atoms with Crippen LogP contribution in [-0.2, 0) is 0 Å². The minimum Gasteiger partial charge on any atom is -0.292 e. The van der Waals surface area contributed by atoms with Crippen LogP contribution in [0.15, 0.2) is 0 Å². The summed E-state index contributed by atoms with van der Waals surface area (Å²) in [5.74, 6) is 0.829. The van der Waals surface area contributed by atoms with Gasteiger partial charge in [0.05, 0.1) is 3.55 Å². The molecule has 1 nitrogen and oxygen atoms in total. The highest BCUT2D eigenvalue weighted by molar-refractivity contribution is 14.1. The van der Waals surface area contributed by atoms with Gasteiger partial charge in [-0.15, -0.1) is 0 Å². The summed E-state index contributed by atoms with van der Waals surface area (Å²) < 4.78 is 0.383. The summed E-state index contributed by atoms with van der Waals surface area (Å²) in [5.41, 5.74) is 0. The maximum absolute atomic E-state index is 2.59. The third kappa shape index (κ3) is 2.08. The van der Waals surface area contributed by atoms with E-state index in [-0.39, 0.29) is 0 Å². The van der Waals surface area contributed by atoms with Crippen LogP contribution in [0.25, 0.3) is 0 Å². The Morgan fingerprint density at radius 1 is 1.45 bits per heavy atom. The number of hydrogen-bond acceptors (Lipinski definition) is 1. The van der Waals surface area contributed by atoms with Gasteiger partial charge in [0.25, 0.3) is 0 Å². The number of halogens is 1. The van der Waals surface area contributed by atoms with E-state index in [1.54, 1.807) is 0 Å². The summed E-state index contributed by atoms with van der Waals surface area (Å²) in [5, 5.41) is 0. The van der Waals surface area contributed by atoms with Crippen molar-refractivity contribution in [3.63, 3.8) is 0 Å². The minimum atomic E-state index is 0.383. The second-order valence-electron chi connectivity index (χ2n) is 3.84. The quantitative estimate of drug-likeness (QED) is 0.370. The van der Waals surface area contributed by atoms with E-state index in [9.17, 15) is 0 Å². The zero-order valence-electron chi connectivity index (χ0n) is 7.73. The van der Waals surface area contributed by atoms with E-state index in [2.05, 4.69) is 48.4 Å². The molecule has 0 aliphatic carbocycles. The molecule has 1 aliphatic heterocycles. The summed E-state index contributed by atoms with van der Waals surface area (Å²) in [6, 6.07) is 0. The third-order valence-corrected chi connectivity index (χ3v) is 4.91. The molecule has 0 amide bonds. The van der Waals surface area contributed by atoms with Crippen LogP contribution >= 0.6 is 22.6 Å². The standard InChI is InChI=1S/C9H18IN/c1-8-6-4-5-7-11(3)9(8,2)10/h8H,4-7H2,1-3H3. The second kappa shape index (κ2) is 3.60. The molecule has 0 aromatic rings. The molecular weight excluding hydrogens is 249 g/mol. The molecule has 1 aliphatic rings. The lowest BCUT2D eigenvalue weighted by Crippen LogP contribution is -2.42. The number of hydrogen-bond donors (Lipinski definition) is 0. The lowest BCUT2D eigenvalue weighted by Gasteiger charge is -2.36. The van der Waals surface area contributed by atoms with E-state index in [4.69, 9.17) is 0 Å². The minimum absolute atomic E-state index is 0.383. The molecule has 0 radical (unpaired) electrons. The van der Waals surface area contributed by atoms with Gasteiger partial charge in [-0.3, -0.25) is 4.90 Å². The smallest absolute Gasteiger partial charge is 0.0725 e. The van der Waals surface area contributed by atoms with Crippen molar-refractivity contribution in [2.24, 2.45) is 5.92 Å². The lowest BCUT2D eigenvalue weighted by atomic mass is 9.99. The van der Waals surface area contributed by atoms with Crippen molar-refractivity contribution in [2.45, 2.75) is 36.7 Å². The normalized spacial score (nSPS) is 42.0. The van der Waals surface area contributed by atoms with E-state index in [1.165, 1.54) is 25.8 Å². The molecule has 66 valence electrons. The van der Waals surface area contributed by atoms with Gasteiger partial charge in [0.2, 0.25) is 0 Å². The molecule has 1 saturated heterocycles. The Bertz CT molecular complexity index is 120. The Morgan fingerprint density at radius 3 is 2.73 bits per heavy atom. The highest BCUT2D eigenvalue weighted by Gasteiger charge is 2.33. The van der Waals surface area contributed by atoms with E-state index in [1.807, 2.05) is 0 Å². The third-order valence-electron chi connectivity index (χ3n) is 3.03. The highest BCUT2D eigenvalue weighted by Crippen LogP contribution is 2.36. The highest BCUT2D eigenvalue weighted by atomic mass is 127. The predicted molar refractivity (Wildman–Crippen MR) is 58.1 cm³/mol. The van der Waals surface area contributed by atoms with Gasteiger partial charge in [0.15, 0.2) is 0 Å². The van der Waals surface area contributed by atoms with Gasteiger partial charge in [0.1, 0.15) is 0 Å². The monoisotopic (exact) mass is 267 g/mol. The summed E-state index contributed by atoms with van der Waals surface area (Å²) in [4.78, 5) is 2.49. The molecule has 1 rings (SSSR count). The molecule has 11 heavy (non-hydrogen) atoms. The maximum Gasteiger partial charge on any atom is 0.0725 e. The lowest BCUT2D eigenvalue weighted by molar-refractivity contribution is 0.201. The predicted octanol–water partition coefficient (Wildman–Crippen LogP) is 2.89. The van der Waals surface area contributed by atoms with Gasteiger partial charge in [-0.05, 0) is 39.3 Å². The van der Waals surface area contributed by atoms with Crippen molar-refractivity contribution in [1.29, 1.82) is 0 Å². The van der Waals surface area contributed by atoms with Crippen molar-refractivity contribution < 1.29 is 0 Å². The molecule has 1 fully saturated rings. The fourth-order valence-corrected chi connectivity index (χ4v) is 2.21. The molecule has 1 heterocycles. The Labute approximate surface area is 83.7 Å². The fraction of sp³-hybridized carbons (Fsp3) is 1.00. The zero-order chi connectivity index (χ0) is 8.48. The average Bonchev–Trinajstić information content (AvgIpc) is 2.03. The first kappa shape index (κ1) is 9.78. The van der Waals surface area contributed by atoms with Crippen LogP contribution in [0.4, 0.5) is 0 Å². The summed E-state index contributed by atoms with van der Waals surface area (Å²) in [6.45, 7) is 5.99. The zero-order valence-corrected chi connectivity index (χ0v) is 9.89. The first-order chi connectivity index (χ1) is 5.05. The first-order valence-corrected chi connectivity index (χ1v) is 5.53. The van der Waals surface area contributed by atoms with Gasteiger partial charge < -0.3 is 0 Å².